The van der Waals surface area contributed by atoms with Gasteiger partial charge in [-0.1, -0.05) is 29.4 Å². The van der Waals surface area contributed by atoms with Gasteiger partial charge in [0, 0.05) is 5.75 Å². The lowest BCUT2D eigenvalue weighted by atomic mass is 10.1. The van der Waals surface area contributed by atoms with Gasteiger partial charge >= 0.3 is 0 Å². The summed E-state index contributed by atoms with van der Waals surface area (Å²) in [7, 11) is 0. The minimum atomic E-state index is -0.218. The number of carbonyl (C=O) groups is 1. The summed E-state index contributed by atoms with van der Waals surface area (Å²) >= 11 is 7.64. The topological polar surface area (TPSA) is 50.7 Å². The summed E-state index contributed by atoms with van der Waals surface area (Å²) < 4.78 is 5.49. The van der Waals surface area contributed by atoms with Gasteiger partial charge in [0.05, 0.1) is 11.6 Å². The highest BCUT2D eigenvalue weighted by atomic mass is 35.5. The Kier molecular flexibility index (Phi) is 4.71. The van der Waals surface area contributed by atoms with Crippen LogP contribution in [0.2, 0.25) is 5.02 Å². The van der Waals surface area contributed by atoms with Crippen LogP contribution in [0.25, 0.3) is 0 Å². The van der Waals surface area contributed by atoms with Gasteiger partial charge in [0.1, 0.15) is 5.75 Å². The summed E-state index contributed by atoms with van der Waals surface area (Å²) in [5, 5.41) is 3.90. The number of halogens is 1. The number of aliphatic imine (C=N–C) groups is 1. The Morgan fingerprint density at radius 1 is 1.53 bits per heavy atom. The molecule has 1 aromatic carbocycles. The molecule has 1 amide bonds. The molecule has 6 heteroatoms. The largest absolute Gasteiger partial charge is 0.482 e. The maximum absolute atomic E-state index is 11.7. The zero-order valence-corrected chi connectivity index (χ0v) is 12.4. The third-order valence-electron chi connectivity index (χ3n) is 2.55. The molecule has 0 saturated carbocycles. The molecule has 2 rings (SSSR count). The lowest BCUT2D eigenvalue weighted by Crippen LogP contribution is -2.32. The van der Waals surface area contributed by atoms with Gasteiger partial charge in [0.2, 0.25) is 0 Å². The van der Waals surface area contributed by atoms with E-state index in [2.05, 4.69) is 10.3 Å². The normalized spacial score (nSPS) is 14.2. The van der Waals surface area contributed by atoms with E-state index in [4.69, 9.17) is 16.3 Å². The molecule has 1 aliphatic rings. The zero-order chi connectivity index (χ0) is 13.8. The second kappa shape index (κ2) is 6.30. The number of amides is 1. The van der Waals surface area contributed by atoms with E-state index in [-0.39, 0.29) is 12.5 Å². The maximum atomic E-state index is 11.7. The van der Waals surface area contributed by atoms with Crippen LogP contribution in [0.3, 0.4) is 0 Å². The van der Waals surface area contributed by atoms with Gasteiger partial charge in [-0.05, 0) is 31.0 Å². The van der Waals surface area contributed by atoms with Crippen LogP contribution in [0.5, 0.6) is 5.75 Å². The van der Waals surface area contributed by atoms with Crippen LogP contribution >= 0.6 is 23.4 Å². The van der Waals surface area contributed by atoms with Crippen LogP contribution in [0.1, 0.15) is 11.1 Å². The fourth-order valence-electron chi connectivity index (χ4n) is 1.79. The number of amidine groups is 1. The van der Waals surface area contributed by atoms with Crippen LogP contribution in [0.15, 0.2) is 17.1 Å². The Morgan fingerprint density at radius 2 is 2.32 bits per heavy atom. The first-order valence-corrected chi connectivity index (χ1v) is 7.29. The summed E-state index contributed by atoms with van der Waals surface area (Å²) in [4.78, 5) is 15.8. The van der Waals surface area contributed by atoms with E-state index in [0.29, 0.717) is 15.9 Å². The molecule has 0 radical (unpaired) electrons. The molecule has 0 aliphatic carbocycles. The van der Waals surface area contributed by atoms with Gasteiger partial charge in [-0.3, -0.25) is 9.79 Å². The number of benzene rings is 1. The standard InChI is InChI=1S/C13H15ClN2O2S/c1-8-5-9(2)12(10(14)6-8)18-7-11(17)16-13-15-3-4-19-13/h5-6H,3-4,7H2,1-2H3,(H,15,16,17). The van der Waals surface area contributed by atoms with Gasteiger partial charge in [-0.15, -0.1) is 0 Å². The number of rotatable bonds is 3. The van der Waals surface area contributed by atoms with Crippen molar-refractivity contribution in [1.29, 1.82) is 0 Å². The molecule has 19 heavy (non-hydrogen) atoms. The summed E-state index contributed by atoms with van der Waals surface area (Å²) in [6.45, 7) is 4.56. The van der Waals surface area contributed by atoms with Crippen LogP contribution in [0, 0.1) is 13.8 Å². The van der Waals surface area contributed by atoms with Crippen molar-refractivity contribution >= 4 is 34.4 Å². The lowest BCUT2D eigenvalue weighted by molar-refractivity contribution is -0.121. The minimum Gasteiger partial charge on any atom is -0.482 e. The molecule has 0 atom stereocenters. The van der Waals surface area contributed by atoms with Crippen LogP contribution in [-0.2, 0) is 4.79 Å². The van der Waals surface area contributed by atoms with E-state index < -0.39 is 0 Å². The Labute approximate surface area is 121 Å². The quantitative estimate of drug-likeness (QED) is 0.933. The third kappa shape index (κ3) is 3.88. The zero-order valence-electron chi connectivity index (χ0n) is 10.8. The third-order valence-corrected chi connectivity index (χ3v) is 3.73. The van der Waals surface area contributed by atoms with Gasteiger partial charge in [-0.25, -0.2) is 0 Å². The molecule has 102 valence electrons. The molecule has 0 fully saturated rings. The number of hydrogen-bond acceptors (Lipinski definition) is 4. The van der Waals surface area contributed by atoms with Gasteiger partial charge in [0.15, 0.2) is 11.8 Å². The van der Waals surface area contributed by atoms with E-state index in [1.807, 2.05) is 26.0 Å². The number of nitrogens with one attached hydrogen (secondary N) is 1. The number of ether oxygens (including phenoxy) is 1. The predicted octanol–water partition coefficient (Wildman–Crippen LogP) is 2.55. The highest BCUT2D eigenvalue weighted by Crippen LogP contribution is 2.29. The van der Waals surface area contributed by atoms with Crippen molar-refractivity contribution in [2.45, 2.75) is 13.8 Å². The van der Waals surface area contributed by atoms with Gasteiger partial charge < -0.3 is 10.1 Å². The number of nitrogens with zero attached hydrogens (tertiary/aromatic N) is 1. The molecule has 1 aliphatic heterocycles. The molecule has 1 heterocycles. The van der Waals surface area contributed by atoms with Crippen LogP contribution < -0.4 is 10.1 Å². The molecule has 0 aromatic heterocycles. The van der Waals surface area contributed by atoms with Crippen molar-refractivity contribution in [3.8, 4) is 5.75 Å². The second-order valence-corrected chi connectivity index (χ2v) is 5.76. The van der Waals surface area contributed by atoms with E-state index in [9.17, 15) is 4.79 Å². The molecule has 1 N–H and O–H groups in total. The van der Waals surface area contributed by atoms with Gasteiger partial charge in [-0.2, -0.15) is 0 Å². The maximum Gasteiger partial charge on any atom is 0.263 e. The predicted molar refractivity (Wildman–Crippen MR) is 79.3 cm³/mol. The van der Waals surface area contributed by atoms with Gasteiger partial charge in [0.25, 0.3) is 5.91 Å². The first-order chi connectivity index (χ1) is 9.06. The molecule has 0 saturated heterocycles. The Morgan fingerprint density at radius 3 is 2.95 bits per heavy atom. The SMILES string of the molecule is Cc1cc(C)c(OCC(=O)NC2=NCCS2)c(Cl)c1. The number of carbonyl (C=O) groups excluding carboxylic acids is 1. The summed E-state index contributed by atoms with van der Waals surface area (Å²) in [6.07, 6.45) is 0. The van der Waals surface area contributed by atoms with Crippen LogP contribution in [0.4, 0.5) is 0 Å². The average molecular weight is 299 g/mol. The van der Waals surface area contributed by atoms with Crippen molar-refractivity contribution in [3.63, 3.8) is 0 Å². The monoisotopic (exact) mass is 298 g/mol. The molecular weight excluding hydrogens is 284 g/mol. The second-order valence-electron chi connectivity index (χ2n) is 4.26. The van der Waals surface area contributed by atoms with Crippen molar-refractivity contribution in [2.24, 2.45) is 4.99 Å². The number of aryl methyl sites for hydroxylation is 2. The minimum absolute atomic E-state index is 0.0663. The van der Waals surface area contributed by atoms with Crippen molar-refractivity contribution in [2.75, 3.05) is 18.9 Å². The van der Waals surface area contributed by atoms with E-state index >= 15 is 0 Å². The first kappa shape index (κ1) is 14.2. The average Bonchev–Trinajstić information content (AvgIpc) is 2.80. The highest BCUT2D eigenvalue weighted by molar-refractivity contribution is 8.14. The highest BCUT2D eigenvalue weighted by Gasteiger charge is 2.13. The molecule has 4 nitrogen and oxygen atoms in total. The Balaban J connectivity index is 1.93. The molecular formula is C13H15ClN2O2S. The summed E-state index contributed by atoms with van der Waals surface area (Å²) in [5.74, 6) is 1.26. The van der Waals surface area contributed by atoms with Crippen molar-refractivity contribution < 1.29 is 9.53 Å². The van der Waals surface area contributed by atoms with E-state index in [0.717, 1.165) is 23.4 Å². The summed E-state index contributed by atoms with van der Waals surface area (Å²) in [5.41, 5.74) is 1.99. The summed E-state index contributed by atoms with van der Waals surface area (Å²) in [6, 6.07) is 3.79. The van der Waals surface area contributed by atoms with Crippen LogP contribution in [-0.4, -0.2) is 30.0 Å². The fraction of sp³-hybridized carbons (Fsp3) is 0.385. The van der Waals surface area contributed by atoms with Crippen molar-refractivity contribution in [1.82, 2.24) is 5.32 Å². The van der Waals surface area contributed by atoms with Crippen molar-refractivity contribution in [3.05, 3.63) is 28.3 Å². The first-order valence-electron chi connectivity index (χ1n) is 5.93. The molecule has 1 aromatic rings. The molecule has 0 spiro atoms. The Bertz CT molecular complexity index is 508. The molecule has 0 unspecified atom stereocenters. The van der Waals surface area contributed by atoms with E-state index in [1.165, 1.54) is 11.8 Å². The number of hydrogen-bond donors (Lipinski definition) is 1. The molecule has 0 bridgehead atoms. The fourth-order valence-corrected chi connectivity index (χ4v) is 2.91. The van der Waals surface area contributed by atoms with E-state index in [1.54, 1.807) is 0 Å². The smallest absolute Gasteiger partial charge is 0.263 e. The lowest BCUT2D eigenvalue weighted by Gasteiger charge is -2.11. The Hall–Kier alpha value is -1.20. The number of thioether (sulfide) groups is 1.